The number of hydrogen-bond donors (Lipinski definition) is 2. The molecule has 2 aliphatic heterocycles. The number of aromatic nitrogens is 1. The number of likely N-dealkylation sites (N-methyl/N-ethyl adjacent to an activating group) is 1. The molecule has 0 spiro atoms. The largest absolute Gasteiger partial charge is 0.393 e. The van der Waals surface area contributed by atoms with Gasteiger partial charge in [-0.3, -0.25) is 14.5 Å². The van der Waals surface area contributed by atoms with Gasteiger partial charge in [0.1, 0.15) is 5.82 Å². The molecule has 2 unspecified atom stereocenters. The van der Waals surface area contributed by atoms with E-state index >= 15 is 4.39 Å². The lowest BCUT2D eigenvalue weighted by Crippen LogP contribution is -2.55. The Bertz CT molecular complexity index is 1400. The number of anilines is 2. The van der Waals surface area contributed by atoms with Crippen LogP contribution in [0.3, 0.4) is 0 Å². The third-order valence-electron chi connectivity index (χ3n) is 7.85. The Labute approximate surface area is 227 Å². The fraction of sp³-hybridized carbons (Fsp3) is 0.444. The van der Waals surface area contributed by atoms with Gasteiger partial charge in [-0.05, 0) is 50.7 Å². The summed E-state index contributed by atoms with van der Waals surface area (Å²) in [6.45, 7) is 4.73. The van der Waals surface area contributed by atoms with Crippen molar-refractivity contribution in [1.29, 1.82) is 0 Å². The second-order valence-corrected chi connectivity index (χ2v) is 11.3. The molecule has 3 heterocycles. The Kier molecular flexibility index (Phi) is 7.27. The van der Waals surface area contributed by atoms with Crippen LogP contribution in [-0.2, 0) is 9.59 Å². The van der Waals surface area contributed by atoms with E-state index in [2.05, 4.69) is 20.5 Å². The Morgan fingerprint density at radius 1 is 1.15 bits per heavy atom. The molecule has 2 amide bonds. The number of piperazine rings is 1. The lowest BCUT2D eigenvalue weighted by atomic mass is 9.84. The number of alkyl halides is 3. The van der Waals surface area contributed by atoms with Crippen LogP contribution in [-0.4, -0.2) is 66.6 Å². The van der Waals surface area contributed by atoms with Crippen LogP contribution in [0.2, 0.25) is 0 Å². The number of amides is 2. The van der Waals surface area contributed by atoms with E-state index in [9.17, 15) is 22.8 Å². The molecule has 7 nitrogen and oxygen atoms in total. The normalized spacial score (nSPS) is 24.6. The summed E-state index contributed by atoms with van der Waals surface area (Å²) in [5, 5.41) is 5.06. The summed E-state index contributed by atoms with van der Waals surface area (Å²) in [4.78, 5) is 33.4. The second-order valence-electron chi connectivity index (χ2n) is 10.4. The minimum absolute atomic E-state index is 0.122. The fourth-order valence-electron chi connectivity index (χ4n) is 5.39. The van der Waals surface area contributed by atoms with Gasteiger partial charge in [0.15, 0.2) is 0 Å². The van der Waals surface area contributed by atoms with Crippen LogP contribution in [0.5, 0.6) is 0 Å². The summed E-state index contributed by atoms with van der Waals surface area (Å²) >= 11 is 1.41. The molecule has 0 radical (unpaired) electrons. The van der Waals surface area contributed by atoms with Crippen molar-refractivity contribution in [3.8, 4) is 11.1 Å². The molecular formula is C27H29F4N5O2S. The molecule has 39 heavy (non-hydrogen) atoms. The number of nitrogens with one attached hydrogen (secondary N) is 2. The van der Waals surface area contributed by atoms with Crippen molar-refractivity contribution < 1.29 is 27.2 Å². The molecule has 0 aliphatic carbocycles. The average Bonchev–Trinajstić information content (AvgIpc) is 3.35. The van der Waals surface area contributed by atoms with Crippen LogP contribution in [0.4, 0.5) is 28.9 Å². The van der Waals surface area contributed by atoms with Gasteiger partial charge in [-0.1, -0.05) is 6.07 Å². The predicted molar refractivity (Wildman–Crippen MR) is 143 cm³/mol. The van der Waals surface area contributed by atoms with Gasteiger partial charge in [0.2, 0.25) is 11.8 Å². The summed E-state index contributed by atoms with van der Waals surface area (Å²) in [6.07, 6.45) is -5.53. The molecule has 0 saturated carbocycles. The van der Waals surface area contributed by atoms with E-state index in [4.69, 9.17) is 0 Å². The van der Waals surface area contributed by atoms with Crippen LogP contribution in [0, 0.1) is 17.7 Å². The Balaban J connectivity index is 1.55. The number of thiazole rings is 1. The summed E-state index contributed by atoms with van der Waals surface area (Å²) in [7, 11) is 2.00. The molecule has 5 rings (SSSR count). The van der Waals surface area contributed by atoms with Crippen molar-refractivity contribution in [3.05, 3.63) is 41.7 Å². The maximum atomic E-state index is 15.7. The zero-order valence-corrected chi connectivity index (χ0v) is 22.5. The molecular weight excluding hydrogens is 534 g/mol. The van der Waals surface area contributed by atoms with Gasteiger partial charge in [-0.2, -0.15) is 13.2 Å². The molecule has 2 aliphatic rings. The zero-order valence-electron chi connectivity index (χ0n) is 21.7. The highest BCUT2D eigenvalue weighted by molar-refractivity contribution is 7.16. The maximum Gasteiger partial charge on any atom is 0.393 e. The van der Waals surface area contributed by atoms with E-state index in [0.717, 1.165) is 10.2 Å². The predicted octanol–water partition coefficient (Wildman–Crippen LogP) is 4.88. The molecule has 0 bridgehead atoms. The van der Waals surface area contributed by atoms with Crippen LogP contribution in [0.1, 0.15) is 20.3 Å². The van der Waals surface area contributed by atoms with Gasteiger partial charge >= 0.3 is 6.18 Å². The SMILES string of the molecule is C[C@@H]1CN(c2cc(F)c(-c3ccc4ncsc4c3)cc2NC(=O)C2CNC(=O)CC2C(F)(F)F)C[C@H](C)N1C. The highest BCUT2D eigenvalue weighted by atomic mass is 32.1. The van der Waals surface area contributed by atoms with Crippen LogP contribution in [0.25, 0.3) is 21.3 Å². The van der Waals surface area contributed by atoms with Crippen LogP contribution >= 0.6 is 11.3 Å². The first-order valence-electron chi connectivity index (χ1n) is 12.7. The lowest BCUT2D eigenvalue weighted by molar-refractivity contribution is -0.197. The fourth-order valence-corrected chi connectivity index (χ4v) is 6.11. The van der Waals surface area contributed by atoms with Gasteiger partial charge in [-0.15, -0.1) is 11.3 Å². The van der Waals surface area contributed by atoms with Gasteiger partial charge < -0.3 is 15.5 Å². The molecule has 2 N–H and O–H groups in total. The molecule has 2 fully saturated rings. The van der Waals surface area contributed by atoms with Gasteiger partial charge in [-0.25, -0.2) is 9.37 Å². The minimum Gasteiger partial charge on any atom is -0.367 e. The summed E-state index contributed by atoms with van der Waals surface area (Å²) in [6, 6.07) is 8.37. The lowest BCUT2D eigenvalue weighted by Gasteiger charge is -2.44. The minimum atomic E-state index is -4.72. The first kappa shape index (κ1) is 27.3. The molecule has 1 aromatic heterocycles. The number of rotatable bonds is 4. The van der Waals surface area contributed by atoms with Crippen LogP contribution in [0.15, 0.2) is 35.8 Å². The third-order valence-corrected chi connectivity index (χ3v) is 8.65. The van der Waals surface area contributed by atoms with Crippen molar-refractivity contribution >= 4 is 44.7 Å². The third kappa shape index (κ3) is 5.44. The smallest absolute Gasteiger partial charge is 0.367 e. The quantitative estimate of drug-likeness (QED) is 0.443. The first-order valence-corrected chi connectivity index (χ1v) is 13.6. The van der Waals surface area contributed by atoms with Gasteiger partial charge in [0.25, 0.3) is 0 Å². The van der Waals surface area contributed by atoms with E-state index in [1.54, 1.807) is 23.7 Å². The molecule has 12 heteroatoms. The van der Waals surface area contributed by atoms with E-state index in [-0.39, 0.29) is 23.3 Å². The number of carbonyl (C=O) groups excluding carboxylic acids is 2. The number of nitrogens with zero attached hydrogens (tertiary/aromatic N) is 3. The summed E-state index contributed by atoms with van der Waals surface area (Å²) < 4.78 is 57.8. The number of carbonyl (C=O) groups is 2. The van der Waals surface area contributed by atoms with E-state index in [1.807, 2.05) is 25.8 Å². The van der Waals surface area contributed by atoms with Crippen molar-refractivity contribution in [1.82, 2.24) is 15.2 Å². The van der Waals surface area contributed by atoms with Crippen molar-refractivity contribution in [3.63, 3.8) is 0 Å². The number of fused-ring (bicyclic) bond motifs is 1. The zero-order chi connectivity index (χ0) is 28.1. The Hall–Kier alpha value is -3.25. The van der Waals surface area contributed by atoms with Crippen molar-refractivity contribution in [2.45, 2.75) is 38.5 Å². The maximum absolute atomic E-state index is 15.7. The summed E-state index contributed by atoms with van der Waals surface area (Å²) in [5.74, 6) is -5.74. The number of benzene rings is 2. The molecule has 2 aromatic carbocycles. The first-order chi connectivity index (χ1) is 18.4. The monoisotopic (exact) mass is 563 g/mol. The second kappa shape index (κ2) is 10.4. The standard InChI is InChI=1S/C27H29F4N5O2S/c1-14-11-36(12-15(2)35(14)3)23-9-20(28)17(16-4-5-21-24(6-16)39-13-33-21)7-22(23)34-26(38)18-10-32-25(37)8-19(18)27(29,30)31/h4-7,9,13-15,18-19H,8,10-12H2,1-3H3,(H,32,37)(H,34,38)/t14-,15+,18?,19?. The molecule has 4 atom stereocenters. The van der Waals surface area contributed by atoms with Gasteiger partial charge in [0, 0.05) is 43.7 Å². The highest BCUT2D eigenvalue weighted by Gasteiger charge is 2.50. The Morgan fingerprint density at radius 2 is 1.87 bits per heavy atom. The molecule has 2 saturated heterocycles. The van der Waals surface area contributed by atoms with Gasteiger partial charge in [0.05, 0.1) is 38.9 Å². The van der Waals surface area contributed by atoms with Crippen LogP contribution < -0.4 is 15.5 Å². The van der Waals surface area contributed by atoms with Crippen molar-refractivity contribution in [2.75, 3.05) is 36.9 Å². The number of hydrogen-bond acceptors (Lipinski definition) is 6. The van der Waals surface area contributed by atoms with Crippen molar-refractivity contribution in [2.24, 2.45) is 11.8 Å². The van der Waals surface area contributed by atoms with E-state index < -0.39 is 48.6 Å². The Morgan fingerprint density at radius 3 is 2.56 bits per heavy atom. The number of piperidine rings is 1. The highest BCUT2D eigenvalue weighted by Crippen LogP contribution is 2.40. The molecule has 3 aromatic rings. The average molecular weight is 564 g/mol. The molecule has 208 valence electrons. The summed E-state index contributed by atoms with van der Waals surface area (Å²) in [5.41, 5.74) is 3.86. The van der Waals surface area contributed by atoms with E-state index in [1.165, 1.54) is 23.5 Å². The topological polar surface area (TPSA) is 77.6 Å². The van der Waals surface area contributed by atoms with E-state index in [0.29, 0.717) is 24.3 Å². The number of halogens is 4.